The van der Waals surface area contributed by atoms with Gasteiger partial charge in [-0.15, -0.1) is 0 Å². The predicted octanol–water partition coefficient (Wildman–Crippen LogP) is 1.72. The topological polar surface area (TPSA) is 47.3 Å². The number of rotatable bonds is 1. The molecular formula is C16H19N3O. The molecule has 0 saturated carbocycles. The summed E-state index contributed by atoms with van der Waals surface area (Å²) in [6, 6.07) is 9.59. The summed E-state index contributed by atoms with van der Waals surface area (Å²) >= 11 is 0. The van der Waals surface area contributed by atoms with Gasteiger partial charge in [0.05, 0.1) is 11.6 Å². The van der Waals surface area contributed by atoms with Gasteiger partial charge in [-0.3, -0.25) is 4.79 Å². The highest BCUT2D eigenvalue weighted by Gasteiger charge is 2.34. The van der Waals surface area contributed by atoms with Crippen LogP contribution >= 0.6 is 0 Å². The zero-order valence-corrected chi connectivity index (χ0v) is 11.7. The third kappa shape index (κ3) is 2.41. The molecule has 0 spiro atoms. The maximum Gasteiger partial charge on any atom is 0.253 e. The fourth-order valence-electron chi connectivity index (χ4n) is 3.39. The van der Waals surface area contributed by atoms with E-state index in [1.54, 1.807) is 24.3 Å². The highest BCUT2D eigenvalue weighted by atomic mass is 16.2. The van der Waals surface area contributed by atoms with E-state index in [9.17, 15) is 4.79 Å². The first-order valence-corrected chi connectivity index (χ1v) is 7.17. The molecule has 1 aromatic carbocycles. The number of hydrogen-bond donors (Lipinski definition) is 0. The molecule has 2 bridgehead atoms. The molecule has 0 radical (unpaired) electrons. The zero-order chi connectivity index (χ0) is 14.1. The van der Waals surface area contributed by atoms with Crippen LogP contribution in [0.5, 0.6) is 0 Å². The average Bonchev–Trinajstić information content (AvgIpc) is 2.77. The molecule has 0 unspecified atom stereocenters. The number of nitrogens with zero attached hydrogens (tertiary/aromatic N) is 3. The first-order valence-electron chi connectivity index (χ1n) is 7.17. The van der Waals surface area contributed by atoms with Crippen LogP contribution in [0.25, 0.3) is 0 Å². The van der Waals surface area contributed by atoms with Gasteiger partial charge in [0.1, 0.15) is 0 Å². The number of fused-ring (bicyclic) bond motifs is 4. The van der Waals surface area contributed by atoms with Crippen molar-refractivity contribution in [3.8, 4) is 6.07 Å². The van der Waals surface area contributed by atoms with Crippen LogP contribution in [0.4, 0.5) is 0 Å². The van der Waals surface area contributed by atoms with Gasteiger partial charge in [0, 0.05) is 31.2 Å². The molecule has 3 fully saturated rings. The summed E-state index contributed by atoms with van der Waals surface area (Å²) in [7, 11) is 2.15. The van der Waals surface area contributed by atoms with Crippen LogP contribution in [0, 0.1) is 17.2 Å². The third-order valence-electron chi connectivity index (χ3n) is 4.51. The van der Waals surface area contributed by atoms with Crippen molar-refractivity contribution in [1.82, 2.24) is 9.80 Å². The van der Waals surface area contributed by atoms with E-state index >= 15 is 0 Å². The van der Waals surface area contributed by atoms with Gasteiger partial charge in [0.15, 0.2) is 0 Å². The lowest BCUT2D eigenvalue weighted by Crippen LogP contribution is -2.41. The van der Waals surface area contributed by atoms with Gasteiger partial charge in [0.2, 0.25) is 0 Å². The molecule has 4 nitrogen and oxygen atoms in total. The fourth-order valence-corrected chi connectivity index (χ4v) is 3.39. The first-order chi connectivity index (χ1) is 9.67. The highest BCUT2D eigenvalue weighted by molar-refractivity contribution is 5.94. The maximum absolute atomic E-state index is 12.6. The van der Waals surface area contributed by atoms with E-state index in [1.807, 2.05) is 4.90 Å². The number of hydrogen-bond acceptors (Lipinski definition) is 3. The van der Waals surface area contributed by atoms with Crippen molar-refractivity contribution in [2.75, 3.05) is 26.7 Å². The summed E-state index contributed by atoms with van der Waals surface area (Å²) in [5.74, 6) is 0.649. The van der Waals surface area contributed by atoms with E-state index in [0.29, 0.717) is 23.1 Å². The van der Waals surface area contributed by atoms with Crippen LogP contribution in [0.3, 0.4) is 0 Å². The van der Waals surface area contributed by atoms with Gasteiger partial charge < -0.3 is 9.80 Å². The lowest BCUT2D eigenvalue weighted by atomic mass is 9.96. The number of nitriles is 1. The fraction of sp³-hybridized carbons (Fsp3) is 0.500. The summed E-state index contributed by atoms with van der Waals surface area (Å²) in [6.45, 7) is 2.74. The normalized spacial score (nSPS) is 26.1. The molecule has 4 heteroatoms. The molecule has 3 saturated heterocycles. The molecule has 3 aliphatic heterocycles. The Morgan fingerprint density at radius 1 is 1.30 bits per heavy atom. The number of carbonyl (C=O) groups is 1. The van der Waals surface area contributed by atoms with E-state index in [2.05, 4.69) is 18.0 Å². The molecular weight excluding hydrogens is 250 g/mol. The SMILES string of the molecule is CN1C[C@H]2CC[C@@H]1CN(C(=O)c1cccc(C#N)c1)C2. The Labute approximate surface area is 119 Å². The van der Waals surface area contributed by atoms with E-state index in [1.165, 1.54) is 12.8 Å². The first kappa shape index (κ1) is 13.1. The van der Waals surface area contributed by atoms with Gasteiger partial charge in [0.25, 0.3) is 5.91 Å². The second kappa shape index (κ2) is 5.26. The highest BCUT2D eigenvalue weighted by Crippen LogP contribution is 2.27. The number of piperidine rings is 1. The molecule has 20 heavy (non-hydrogen) atoms. The Hall–Kier alpha value is -1.86. The molecule has 0 N–H and O–H groups in total. The quantitative estimate of drug-likeness (QED) is 0.780. The van der Waals surface area contributed by atoms with E-state index < -0.39 is 0 Å². The number of amides is 1. The van der Waals surface area contributed by atoms with E-state index in [4.69, 9.17) is 5.26 Å². The Balaban J connectivity index is 1.82. The molecule has 2 atom stereocenters. The van der Waals surface area contributed by atoms with Crippen LogP contribution in [0.2, 0.25) is 0 Å². The van der Waals surface area contributed by atoms with Crippen molar-refractivity contribution in [1.29, 1.82) is 5.26 Å². The minimum atomic E-state index is 0.0642. The zero-order valence-electron chi connectivity index (χ0n) is 11.7. The van der Waals surface area contributed by atoms with Crippen molar-refractivity contribution < 1.29 is 4.79 Å². The van der Waals surface area contributed by atoms with Gasteiger partial charge in [-0.25, -0.2) is 0 Å². The summed E-state index contributed by atoms with van der Waals surface area (Å²) < 4.78 is 0. The number of carbonyl (C=O) groups excluding carboxylic acids is 1. The van der Waals surface area contributed by atoms with Crippen LogP contribution < -0.4 is 0 Å². The smallest absolute Gasteiger partial charge is 0.253 e. The molecule has 0 aliphatic carbocycles. The van der Waals surface area contributed by atoms with Crippen LogP contribution in [0.1, 0.15) is 28.8 Å². The Morgan fingerprint density at radius 2 is 2.15 bits per heavy atom. The molecule has 104 valence electrons. The molecule has 3 aliphatic rings. The summed E-state index contributed by atoms with van der Waals surface area (Å²) in [6.07, 6.45) is 2.40. The minimum Gasteiger partial charge on any atom is -0.337 e. The Kier molecular flexibility index (Phi) is 3.45. The van der Waals surface area contributed by atoms with Crippen molar-refractivity contribution >= 4 is 5.91 Å². The number of likely N-dealkylation sites (N-methyl/N-ethyl adjacent to an activating group) is 1. The maximum atomic E-state index is 12.6. The standard InChI is InChI=1S/C16H19N3O/c1-18-9-13-5-6-15(18)11-19(10-13)16(20)14-4-2-3-12(7-14)8-17/h2-4,7,13,15H,5-6,9-11H2,1H3/t13-,15-/m1/s1. The van der Waals surface area contributed by atoms with Gasteiger partial charge in [-0.2, -0.15) is 5.26 Å². The summed E-state index contributed by atoms with van der Waals surface area (Å²) in [5, 5.41) is 8.95. The van der Waals surface area contributed by atoms with E-state index in [0.717, 1.165) is 19.6 Å². The Morgan fingerprint density at radius 3 is 2.90 bits per heavy atom. The van der Waals surface area contributed by atoms with Crippen molar-refractivity contribution in [3.05, 3.63) is 35.4 Å². The second-order valence-corrected chi connectivity index (χ2v) is 5.94. The minimum absolute atomic E-state index is 0.0642. The van der Waals surface area contributed by atoms with Crippen molar-refractivity contribution in [2.45, 2.75) is 18.9 Å². The number of benzene rings is 1. The molecule has 3 heterocycles. The lowest BCUT2D eigenvalue weighted by Gasteiger charge is -2.32. The largest absolute Gasteiger partial charge is 0.337 e. The van der Waals surface area contributed by atoms with Gasteiger partial charge >= 0.3 is 0 Å². The molecule has 1 aromatic rings. The summed E-state index contributed by atoms with van der Waals surface area (Å²) in [4.78, 5) is 17.0. The van der Waals surface area contributed by atoms with Crippen molar-refractivity contribution in [2.24, 2.45) is 5.92 Å². The van der Waals surface area contributed by atoms with Gasteiger partial charge in [-0.05, 0) is 44.0 Å². The van der Waals surface area contributed by atoms with Crippen molar-refractivity contribution in [3.63, 3.8) is 0 Å². The predicted molar refractivity (Wildman–Crippen MR) is 76.2 cm³/mol. The van der Waals surface area contributed by atoms with Crippen LogP contribution in [-0.4, -0.2) is 48.4 Å². The molecule has 1 amide bonds. The summed E-state index contributed by atoms with van der Waals surface area (Å²) in [5.41, 5.74) is 1.18. The Bertz CT molecular complexity index is 563. The molecule has 0 aromatic heterocycles. The average molecular weight is 269 g/mol. The van der Waals surface area contributed by atoms with E-state index in [-0.39, 0.29) is 5.91 Å². The van der Waals surface area contributed by atoms with Crippen LogP contribution in [-0.2, 0) is 0 Å². The third-order valence-corrected chi connectivity index (χ3v) is 4.51. The lowest BCUT2D eigenvalue weighted by molar-refractivity contribution is 0.0742. The van der Waals surface area contributed by atoms with Crippen LogP contribution in [0.15, 0.2) is 24.3 Å². The van der Waals surface area contributed by atoms with Gasteiger partial charge in [-0.1, -0.05) is 6.07 Å². The molecule has 4 rings (SSSR count). The monoisotopic (exact) mass is 269 g/mol. The second-order valence-electron chi connectivity index (χ2n) is 5.94.